The zero-order chi connectivity index (χ0) is 21.8. The van der Waals surface area contributed by atoms with E-state index in [9.17, 15) is 9.59 Å². The van der Waals surface area contributed by atoms with Gasteiger partial charge in [0.1, 0.15) is 5.76 Å². The third kappa shape index (κ3) is 4.77. The molecule has 7 heteroatoms. The summed E-state index contributed by atoms with van der Waals surface area (Å²) in [5.41, 5.74) is 8.63. The minimum Gasteiger partial charge on any atom is -0.441 e. The number of hydrogen-bond donors (Lipinski definition) is 2. The van der Waals surface area contributed by atoms with Crippen LogP contribution in [0.3, 0.4) is 0 Å². The topological polar surface area (TPSA) is 101 Å². The maximum atomic E-state index is 12.8. The Labute approximate surface area is 181 Å². The second-order valence-electron chi connectivity index (χ2n) is 7.79. The molecule has 0 spiro atoms. The van der Waals surface area contributed by atoms with Crippen LogP contribution in [0.15, 0.2) is 59.0 Å². The Bertz CT molecular complexity index is 1070. The first-order chi connectivity index (χ1) is 15.0. The molecule has 0 atom stereocenters. The molecule has 2 heterocycles. The molecule has 31 heavy (non-hydrogen) atoms. The third-order valence-electron chi connectivity index (χ3n) is 5.66. The quantitative estimate of drug-likeness (QED) is 0.638. The SMILES string of the molecule is Cc1oc(-c2ccccc2)nc1CC(=O)Nc1ccccc1N1CCC(C(N)=O)CC1. The number of nitrogens with zero attached hydrogens (tertiary/aromatic N) is 2. The molecule has 0 bridgehead atoms. The zero-order valence-corrected chi connectivity index (χ0v) is 17.5. The van der Waals surface area contributed by atoms with Gasteiger partial charge >= 0.3 is 0 Å². The summed E-state index contributed by atoms with van der Waals surface area (Å²) in [7, 11) is 0. The highest BCUT2D eigenvalue weighted by atomic mass is 16.4. The van der Waals surface area contributed by atoms with Crippen molar-refractivity contribution in [3.8, 4) is 11.5 Å². The molecular weight excluding hydrogens is 392 g/mol. The number of carbonyl (C=O) groups is 2. The fourth-order valence-corrected chi connectivity index (χ4v) is 3.90. The van der Waals surface area contributed by atoms with E-state index >= 15 is 0 Å². The first kappa shape index (κ1) is 20.7. The van der Waals surface area contributed by atoms with Crippen molar-refractivity contribution >= 4 is 23.2 Å². The summed E-state index contributed by atoms with van der Waals surface area (Å²) in [6, 6.07) is 17.3. The number of nitrogens with one attached hydrogen (secondary N) is 1. The lowest BCUT2D eigenvalue weighted by Crippen LogP contribution is -2.38. The number of para-hydroxylation sites is 2. The molecule has 0 unspecified atom stereocenters. The van der Waals surface area contributed by atoms with Gasteiger partial charge in [-0.05, 0) is 44.0 Å². The molecule has 4 rings (SSSR count). The summed E-state index contributed by atoms with van der Waals surface area (Å²) in [6.07, 6.45) is 1.57. The van der Waals surface area contributed by atoms with Crippen LogP contribution in [0, 0.1) is 12.8 Å². The Morgan fingerprint density at radius 2 is 1.77 bits per heavy atom. The van der Waals surface area contributed by atoms with Crippen molar-refractivity contribution in [1.82, 2.24) is 4.98 Å². The van der Waals surface area contributed by atoms with Crippen LogP contribution in [0.2, 0.25) is 0 Å². The highest BCUT2D eigenvalue weighted by Crippen LogP contribution is 2.30. The van der Waals surface area contributed by atoms with Crippen LogP contribution >= 0.6 is 0 Å². The van der Waals surface area contributed by atoms with Gasteiger partial charge < -0.3 is 20.4 Å². The highest BCUT2D eigenvalue weighted by Gasteiger charge is 2.25. The fraction of sp³-hybridized carbons (Fsp3) is 0.292. The lowest BCUT2D eigenvalue weighted by Gasteiger charge is -2.33. The fourth-order valence-electron chi connectivity index (χ4n) is 3.90. The van der Waals surface area contributed by atoms with Gasteiger partial charge in [-0.2, -0.15) is 0 Å². The average molecular weight is 418 g/mol. The number of aryl methyl sites for hydroxylation is 1. The van der Waals surface area contributed by atoms with Crippen molar-refractivity contribution < 1.29 is 14.0 Å². The number of anilines is 2. The lowest BCUT2D eigenvalue weighted by atomic mass is 9.96. The van der Waals surface area contributed by atoms with Crippen molar-refractivity contribution in [2.24, 2.45) is 11.7 Å². The summed E-state index contributed by atoms with van der Waals surface area (Å²) in [4.78, 5) is 30.9. The molecule has 0 radical (unpaired) electrons. The molecular formula is C24H26N4O3. The largest absolute Gasteiger partial charge is 0.441 e. The molecule has 2 aromatic carbocycles. The molecule has 1 aliphatic heterocycles. The Morgan fingerprint density at radius 1 is 1.10 bits per heavy atom. The van der Waals surface area contributed by atoms with Crippen molar-refractivity contribution in [3.05, 3.63) is 66.1 Å². The van der Waals surface area contributed by atoms with Crippen LogP contribution in [0.5, 0.6) is 0 Å². The maximum absolute atomic E-state index is 12.8. The van der Waals surface area contributed by atoms with Gasteiger partial charge in [0.2, 0.25) is 17.7 Å². The smallest absolute Gasteiger partial charge is 0.230 e. The highest BCUT2D eigenvalue weighted by molar-refractivity contribution is 5.95. The molecule has 3 N–H and O–H groups in total. The van der Waals surface area contributed by atoms with Gasteiger partial charge in [-0.25, -0.2) is 4.98 Å². The Morgan fingerprint density at radius 3 is 2.48 bits per heavy atom. The van der Waals surface area contributed by atoms with Gasteiger partial charge in [0.25, 0.3) is 0 Å². The normalized spacial score (nSPS) is 14.4. The van der Waals surface area contributed by atoms with Gasteiger partial charge in [0.05, 0.1) is 23.5 Å². The molecule has 1 aromatic heterocycles. The van der Waals surface area contributed by atoms with E-state index in [4.69, 9.17) is 10.2 Å². The summed E-state index contributed by atoms with van der Waals surface area (Å²) in [6.45, 7) is 3.27. The second-order valence-corrected chi connectivity index (χ2v) is 7.79. The van der Waals surface area contributed by atoms with E-state index in [-0.39, 0.29) is 24.2 Å². The van der Waals surface area contributed by atoms with Crippen LogP contribution < -0.4 is 16.0 Å². The Kier molecular flexibility index (Phi) is 6.02. The summed E-state index contributed by atoms with van der Waals surface area (Å²) >= 11 is 0. The monoisotopic (exact) mass is 418 g/mol. The van der Waals surface area contributed by atoms with Crippen molar-refractivity contribution in [2.75, 3.05) is 23.3 Å². The van der Waals surface area contributed by atoms with E-state index in [1.807, 2.05) is 61.5 Å². The molecule has 1 saturated heterocycles. The molecule has 0 saturated carbocycles. The second kappa shape index (κ2) is 9.04. The molecule has 1 aliphatic rings. The van der Waals surface area contributed by atoms with E-state index in [1.165, 1.54) is 0 Å². The Hall–Kier alpha value is -3.61. The van der Waals surface area contributed by atoms with E-state index in [1.54, 1.807) is 0 Å². The van der Waals surface area contributed by atoms with Crippen LogP contribution in [-0.2, 0) is 16.0 Å². The van der Waals surface area contributed by atoms with Crippen LogP contribution in [0.1, 0.15) is 24.3 Å². The predicted octanol–water partition coefficient (Wildman–Crippen LogP) is 3.53. The standard InChI is InChI=1S/C24H26N4O3/c1-16-20(27-24(31-16)18-7-3-2-4-8-18)15-22(29)26-19-9-5-6-10-21(19)28-13-11-17(12-14-28)23(25)30/h2-10,17H,11-15H2,1H3,(H2,25,30)(H,26,29). The van der Waals surface area contributed by atoms with Crippen molar-refractivity contribution in [1.29, 1.82) is 0 Å². The van der Waals surface area contributed by atoms with Gasteiger partial charge in [-0.3, -0.25) is 9.59 Å². The van der Waals surface area contributed by atoms with Gasteiger partial charge in [0.15, 0.2) is 0 Å². The zero-order valence-electron chi connectivity index (χ0n) is 17.5. The molecule has 3 aromatic rings. The number of primary amides is 1. The first-order valence-electron chi connectivity index (χ1n) is 10.5. The molecule has 7 nitrogen and oxygen atoms in total. The van der Waals surface area contributed by atoms with Crippen molar-refractivity contribution in [3.63, 3.8) is 0 Å². The summed E-state index contributed by atoms with van der Waals surface area (Å²) in [5, 5.41) is 3.01. The van der Waals surface area contributed by atoms with E-state index < -0.39 is 0 Å². The number of carbonyl (C=O) groups excluding carboxylic acids is 2. The third-order valence-corrected chi connectivity index (χ3v) is 5.66. The van der Waals surface area contributed by atoms with E-state index in [0.717, 1.165) is 42.9 Å². The number of aromatic nitrogens is 1. The maximum Gasteiger partial charge on any atom is 0.230 e. The molecule has 1 fully saturated rings. The van der Waals surface area contributed by atoms with Gasteiger partial charge in [0, 0.05) is 24.6 Å². The lowest BCUT2D eigenvalue weighted by molar-refractivity contribution is -0.122. The number of amides is 2. The molecule has 2 amide bonds. The molecule has 0 aliphatic carbocycles. The number of oxazole rings is 1. The van der Waals surface area contributed by atoms with E-state index in [0.29, 0.717) is 17.3 Å². The van der Waals surface area contributed by atoms with Crippen molar-refractivity contribution in [2.45, 2.75) is 26.2 Å². The number of nitrogens with two attached hydrogens (primary N) is 1. The summed E-state index contributed by atoms with van der Waals surface area (Å²) < 4.78 is 5.76. The van der Waals surface area contributed by atoms with E-state index in [2.05, 4.69) is 15.2 Å². The minimum absolute atomic E-state index is 0.0769. The average Bonchev–Trinajstić information content (AvgIpc) is 3.15. The van der Waals surface area contributed by atoms with Crippen LogP contribution in [0.25, 0.3) is 11.5 Å². The van der Waals surface area contributed by atoms with Crippen LogP contribution in [-0.4, -0.2) is 29.9 Å². The number of rotatable bonds is 6. The van der Waals surface area contributed by atoms with Gasteiger partial charge in [-0.1, -0.05) is 30.3 Å². The summed E-state index contributed by atoms with van der Waals surface area (Å²) in [5.74, 6) is 0.677. The molecule has 160 valence electrons. The number of piperidine rings is 1. The predicted molar refractivity (Wildman–Crippen MR) is 120 cm³/mol. The minimum atomic E-state index is -0.237. The number of hydrogen-bond acceptors (Lipinski definition) is 5. The Balaban J connectivity index is 1.44. The van der Waals surface area contributed by atoms with Gasteiger partial charge in [-0.15, -0.1) is 0 Å². The first-order valence-corrected chi connectivity index (χ1v) is 10.5. The number of benzene rings is 2. The van der Waals surface area contributed by atoms with Crippen LogP contribution in [0.4, 0.5) is 11.4 Å².